The number of hydrogen-bond acceptors (Lipinski definition) is 5. The number of aldehydes is 1. The summed E-state index contributed by atoms with van der Waals surface area (Å²) < 4.78 is 5.35. The number of carbonyl (C=O) groups is 3. The molecular weight excluding hydrogens is 480 g/mol. The van der Waals surface area contributed by atoms with Gasteiger partial charge in [-0.1, -0.05) is 43.7 Å². The Kier molecular flexibility index (Phi) is 8.63. The Bertz CT molecular complexity index is 1170. The largest absolute Gasteiger partial charge is 0.458 e. The molecule has 5 heteroatoms. The van der Waals surface area contributed by atoms with Crippen molar-refractivity contribution in [2.24, 2.45) is 35.0 Å². The summed E-state index contributed by atoms with van der Waals surface area (Å²) in [7, 11) is 0. The van der Waals surface area contributed by atoms with E-state index in [2.05, 4.69) is 39.0 Å². The van der Waals surface area contributed by atoms with Crippen molar-refractivity contribution in [2.75, 3.05) is 6.61 Å². The van der Waals surface area contributed by atoms with Gasteiger partial charge in [-0.2, -0.15) is 11.3 Å². The Morgan fingerprint density at radius 2 is 2.16 bits per heavy atom. The summed E-state index contributed by atoms with van der Waals surface area (Å²) in [6.07, 6.45) is 18.5. The van der Waals surface area contributed by atoms with Gasteiger partial charge in [0.25, 0.3) is 0 Å². The third kappa shape index (κ3) is 6.20. The maximum absolute atomic E-state index is 12.6. The van der Waals surface area contributed by atoms with Gasteiger partial charge in [0, 0.05) is 6.08 Å². The van der Waals surface area contributed by atoms with Crippen LogP contribution in [0.25, 0.3) is 6.08 Å². The second-order valence-electron chi connectivity index (χ2n) is 11.4. The van der Waals surface area contributed by atoms with Gasteiger partial charge in [0.2, 0.25) is 0 Å². The molecule has 3 aliphatic rings. The smallest absolute Gasteiger partial charge is 0.331 e. The van der Waals surface area contributed by atoms with Gasteiger partial charge >= 0.3 is 5.97 Å². The van der Waals surface area contributed by atoms with E-state index in [0.29, 0.717) is 23.3 Å². The van der Waals surface area contributed by atoms with Gasteiger partial charge in [0.1, 0.15) is 12.9 Å². The van der Waals surface area contributed by atoms with Gasteiger partial charge in [-0.25, -0.2) is 4.79 Å². The number of carbonyl (C=O) groups excluding carboxylic acids is 3. The maximum atomic E-state index is 12.6. The van der Waals surface area contributed by atoms with Gasteiger partial charge < -0.3 is 4.74 Å². The van der Waals surface area contributed by atoms with Gasteiger partial charge in [-0.05, 0) is 114 Å². The van der Waals surface area contributed by atoms with E-state index in [9.17, 15) is 14.4 Å². The first-order chi connectivity index (χ1) is 17.7. The lowest BCUT2D eigenvalue weighted by atomic mass is 9.63. The number of ether oxygens (including phenoxy) is 1. The van der Waals surface area contributed by atoms with Crippen LogP contribution in [0.2, 0.25) is 0 Å². The molecule has 0 N–H and O–H groups in total. The van der Waals surface area contributed by atoms with Gasteiger partial charge in [0.15, 0.2) is 5.78 Å². The molecule has 0 aliphatic heterocycles. The lowest BCUT2D eigenvalue weighted by Gasteiger charge is -2.40. The molecule has 4 rings (SSSR count). The minimum atomic E-state index is -0.343. The summed E-state index contributed by atoms with van der Waals surface area (Å²) in [5.74, 6) is 1.02. The molecule has 1 aromatic heterocycles. The Morgan fingerprint density at radius 3 is 2.89 bits per heavy atom. The normalized spacial score (nSPS) is 32.3. The van der Waals surface area contributed by atoms with Gasteiger partial charge in [-0.15, -0.1) is 0 Å². The first-order valence-electron chi connectivity index (χ1n) is 13.3. The summed E-state index contributed by atoms with van der Waals surface area (Å²) in [4.78, 5) is 36.5. The van der Waals surface area contributed by atoms with Crippen LogP contribution in [0.3, 0.4) is 0 Å². The molecule has 0 amide bonds. The van der Waals surface area contributed by atoms with Crippen molar-refractivity contribution < 1.29 is 19.1 Å². The zero-order valence-electron chi connectivity index (χ0n) is 22.3. The van der Waals surface area contributed by atoms with Gasteiger partial charge in [0.05, 0.1) is 5.92 Å². The molecule has 1 heterocycles. The van der Waals surface area contributed by atoms with E-state index >= 15 is 0 Å². The molecule has 6 atom stereocenters. The summed E-state index contributed by atoms with van der Waals surface area (Å²) in [6, 6.07) is 1.96. The van der Waals surface area contributed by atoms with Crippen molar-refractivity contribution in [1.82, 2.24) is 0 Å². The highest BCUT2D eigenvalue weighted by Crippen LogP contribution is 2.58. The second kappa shape index (κ2) is 11.7. The zero-order chi connectivity index (χ0) is 26.6. The van der Waals surface area contributed by atoms with Crippen molar-refractivity contribution in [2.45, 2.75) is 53.4 Å². The summed E-state index contributed by atoms with van der Waals surface area (Å²) in [6.45, 7) is 8.96. The van der Waals surface area contributed by atoms with E-state index in [1.54, 1.807) is 23.5 Å². The molecule has 4 nitrogen and oxygen atoms in total. The zero-order valence-corrected chi connectivity index (χ0v) is 23.1. The number of hydrogen-bond donors (Lipinski definition) is 0. The van der Waals surface area contributed by atoms with Crippen molar-refractivity contribution >= 4 is 35.5 Å². The molecule has 196 valence electrons. The quantitative estimate of drug-likeness (QED) is 0.159. The fraction of sp³-hybridized carbons (Fsp3) is 0.469. The minimum Gasteiger partial charge on any atom is -0.458 e. The van der Waals surface area contributed by atoms with Crippen LogP contribution in [0.4, 0.5) is 0 Å². The molecule has 37 heavy (non-hydrogen) atoms. The molecule has 1 fully saturated rings. The molecular formula is C32H38O4S. The monoisotopic (exact) mass is 518 g/mol. The predicted molar refractivity (Wildman–Crippen MR) is 150 cm³/mol. The minimum absolute atomic E-state index is 0.0973. The number of rotatable bonds is 8. The molecule has 0 radical (unpaired) electrons. The summed E-state index contributed by atoms with van der Waals surface area (Å²) >= 11 is 1.59. The first kappa shape index (κ1) is 27.3. The van der Waals surface area contributed by atoms with Crippen molar-refractivity contribution in [3.63, 3.8) is 0 Å². The third-order valence-electron chi connectivity index (χ3n) is 8.78. The highest BCUT2D eigenvalue weighted by atomic mass is 32.1. The number of allylic oxidation sites excluding steroid dienone is 7. The Morgan fingerprint density at radius 1 is 1.35 bits per heavy atom. The molecule has 1 saturated carbocycles. The molecule has 3 aliphatic carbocycles. The summed E-state index contributed by atoms with van der Waals surface area (Å²) in [5.41, 5.74) is 3.96. The van der Waals surface area contributed by atoms with Gasteiger partial charge in [-0.3, -0.25) is 9.59 Å². The van der Waals surface area contributed by atoms with Crippen LogP contribution in [-0.2, 0) is 19.1 Å². The molecule has 0 saturated heterocycles. The van der Waals surface area contributed by atoms with E-state index in [1.165, 1.54) is 6.08 Å². The van der Waals surface area contributed by atoms with Crippen LogP contribution in [0.1, 0.15) is 58.9 Å². The van der Waals surface area contributed by atoms with Crippen molar-refractivity contribution in [3.05, 3.63) is 75.6 Å². The fourth-order valence-corrected chi connectivity index (χ4v) is 7.30. The van der Waals surface area contributed by atoms with Crippen LogP contribution in [0.5, 0.6) is 0 Å². The Hall–Kier alpha value is -2.79. The standard InChI is InChI=1S/C32H38O4S/c1-21(19-36-30(35)11-8-24-13-15-37-20-24)6-5-7-22(2)26-12-14-32(4)17-27-23(3)16-29(34)31(27)25(18-33)9-10-28(26)32/h5-9,11,13,15-16,18,20,22,26-28,31H,10,12,14,17,19H2,1-4H3/b7-5-,11-8+,21-6-,25-9-/t22-,26+,27+,28-,31-,32+/m0/s1. The number of thiophene rings is 1. The lowest BCUT2D eigenvalue weighted by Crippen LogP contribution is -2.34. The maximum Gasteiger partial charge on any atom is 0.331 e. The molecule has 1 aromatic rings. The fourth-order valence-electron chi connectivity index (χ4n) is 6.67. The molecule has 0 aromatic carbocycles. The second-order valence-corrected chi connectivity index (χ2v) is 12.1. The number of esters is 1. The van der Waals surface area contributed by atoms with E-state index in [4.69, 9.17) is 4.74 Å². The van der Waals surface area contributed by atoms with E-state index in [1.807, 2.05) is 29.8 Å². The highest BCUT2D eigenvalue weighted by Gasteiger charge is 2.50. The highest BCUT2D eigenvalue weighted by molar-refractivity contribution is 7.08. The Labute approximate surface area is 224 Å². The molecule has 0 unspecified atom stereocenters. The van der Waals surface area contributed by atoms with Crippen molar-refractivity contribution in [3.8, 4) is 0 Å². The Balaban J connectivity index is 1.37. The number of fused-ring (bicyclic) bond motifs is 2. The van der Waals surface area contributed by atoms with Crippen LogP contribution < -0.4 is 0 Å². The molecule has 0 spiro atoms. The summed E-state index contributed by atoms with van der Waals surface area (Å²) in [5, 5.41) is 3.95. The average Bonchev–Trinajstić information content (AvgIpc) is 3.55. The molecule has 0 bridgehead atoms. The average molecular weight is 519 g/mol. The van der Waals surface area contributed by atoms with E-state index in [0.717, 1.165) is 48.7 Å². The van der Waals surface area contributed by atoms with Crippen LogP contribution in [0, 0.1) is 35.0 Å². The topological polar surface area (TPSA) is 60.4 Å². The van der Waals surface area contributed by atoms with E-state index < -0.39 is 0 Å². The number of ketones is 1. The van der Waals surface area contributed by atoms with E-state index in [-0.39, 0.29) is 35.6 Å². The first-order valence-corrected chi connectivity index (χ1v) is 14.2. The van der Waals surface area contributed by atoms with Crippen molar-refractivity contribution in [1.29, 1.82) is 0 Å². The SMILES string of the molecule is CC1=CC(=O)[C@H]2/C(C=O)=C\C[C@H]3[C@@H]([C@@H](C)/C=C\C=C(\C)COC(=O)/C=C/c4ccsc4)CC[C@]3(C)C[C@H]12. The van der Waals surface area contributed by atoms with Crippen LogP contribution >= 0.6 is 11.3 Å². The third-order valence-corrected chi connectivity index (χ3v) is 9.48. The van der Waals surface area contributed by atoms with Crippen LogP contribution in [-0.4, -0.2) is 24.6 Å². The van der Waals surface area contributed by atoms with Crippen LogP contribution in [0.15, 0.2) is 70.0 Å². The predicted octanol–water partition coefficient (Wildman–Crippen LogP) is 7.16. The lowest BCUT2D eigenvalue weighted by molar-refractivity contribution is -0.136.